The number of amides is 1. The molecule has 0 spiro atoms. The maximum absolute atomic E-state index is 12.1. The summed E-state index contributed by atoms with van der Waals surface area (Å²) in [6, 6.07) is -0.0817. The van der Waals surface area contributed by atoms with Crippen LogP contribution in [0.2, 0.25) is 0 Å². The predicted octanol–water partition coefficient (Wildman–Crippen LogP) is 3.73. The van der Waals surface area contributed by atoms with Crippen molar-refractivity contribution in [1.82, 2.24) is 10.6 Å². The Bertz CT molecular complexity index is 306. The summed E-state index contributed by atoms with van der Waals surface area (Å²) in [7, 11) is 0. The Morgan fingerprint density at radius 2 is 1.67 bits per heavy atom. The van der Waals surface area contributed by atoms with Crippen molar-refractivity contribution in [2.75, 3.05) is 13.1 Å². The van der Waals surface area contributed by atoms with Gasteiger partial charge >= 0.3 is 0 Å². The lowest BCUT2D eigenvalue weighted by atomic mass is 9.78. The highest BCUT2D eigenvalue weighted by molar-refractivity contribution is 5.81. The van der Waals surface area contributed by atoms with Crippen LogP contribution in [0.25, 0.3) is 0 Å². The Hall–Kier alpha value is -0.570. The van der Waals surface area contributed by atoms with Gasteiger partial charge in [-0.2, -0.15) is 0 Å². The first kappa shape index (κ1) is 18.5. The Kier molecular flexibility index (Phi) is 7.72. The van der Waals surface area contributed by atoms with E-state index in [1.54, 1.807) is 0 Å². The first-order chi connectivity index (χ1) is 9.84. The van der Waals surface area contributed by atoms with Gasteiger partial charge in [-0.05, 0) is 49.9 Å². The van der Waals surface area contributed by atoms with Gasteiger partial charge in [0.05, 0.1) is 6.04 Å². The van der Waals surface area contributed by atoms with Gasteiger partial charge in [-0.3, -0.25) is 4.79 Å². The topological polar surface area (TPSA) is 41.1 Å². The van der Waals surface area contributed by atoms with Gasteiger partial charge in [-0.1, -0.05) is 40.5 Å². The van der Waals surface area contributed by atoms with E-state index in [-0.39, 0.29) is 11.9 Å². The van der Waals surface area contributed by atoms with Gasteiger partial charge in [-0.25, -0.2) is 0 Å². The first-order valence-corrected chi connectivity index (χ1v) is 8.86. The molecule has 21 heavy (non-hydrogen) atoms. The van der Waals surface area contributed by atoms with Crippen LogP contribution in [0, 0.1) is 17.3 Å². The molecule has 3 nitrogen and oxygen atoms in total. The minimum absolute atomic E-state index is 0.0817. The molecular formula is C18H36N2O. The van der Waals surface area contributed by atoms with E-state index in [0.717, 1.165) is 25.4 Å². The second-order valence-corrected chi connectivity index (χ2v) is 7.88. The van der Waals surface area contributed by atoms with Crippen LogP contribution in [0.15, 0.2) is 0 Å². The van der Waals surface area contributed by atoms with Crippen LogP contribution in [0.1, 0.15) is 73.1 Å². The van der Waals surface area contributed by atoms with E-state index in [1.807, 2.05) is 6.92 Å². The van der Waals surface area contributed by atoms with E-state index >= 15 is 0 Å². The highest BCUT2D eigenvalue weighted by Crippen LogP contribution is 2.42. The predicted molar refractivity (Wildman–Crippen MR) is 90.3 cm³/mol. The van der Waals surface area contributed by atoms with E-state index in [1.165, 1.54) is 32.1 Å². The number of hydrogen-bond donors (Lipinski definition) is 2. The molecule has 1 atom stereocenters. The second-order valence-electron chi connectivity index (χ2n) is 7.88. The molecule has 2 N–H and O–H groups in total. The highest BCUT2D eigenvalue weighted by atomic mass is 16.2. The largest absolute Gasteiger partial charge is 0.355 e. The number of carbonyl (C=O) groups is 1. The number of rotatable bonds is 9. The van der Waals surface area contributed by atoms with Crippen LogP contribution >= 0.6 is 0 Å². The molecule has 0 aromatic heterocycles. The lowest BCUT2D eigenvalue weighted by Gasteiger charge is -2.32. The van der Waals surface area contributed by atoms with Gasteiger partial charge in [0.2, 0.25) is 5.91 Å². The van der Waals surface area contributed by atoms with Gasteiger partial charge in [0.1, 0.15) is 0 Å². The van der Waals surface area contributed by atoms with Crippen LogP contribution < -0.4 is 10.6 Å². The van der Waals surface area contributed by atoms with Crippen molar-refractivity contribution in [3.63, 3.8) is 0 Å². The maximum atomic E-state index is 12.1. The highest BCUT2D eigenvalue weighted by Gasteiger charge is 2.34. The molecule has 124 valence electrons. The zero-order valence-electron chi connectivity index (χ0n) is 14.8. The molecule has 0 bridgehead atoms. The number of nitrogens with one attached hydrogen (secondary N) is 2. The fourth-order valence-corrected chi connectivity index (χ4v) is 3.54. The van der Waals surface area contributed by atoms with Crippen LogP contribution in [-0.4, -0.2) is 25.0 Å². The minimum atomic E-state index is -0.0817. The standard InChI is InChI=1S/C18H36N2O/c1-14(2)8-11-19-17(21)16(5)20-13-18(12-15(3)4)9-6-7-10-18/h14-16,20H,6-13H2,1-5H3,(H,19,21). The monoisotopic (exact) mass is 296 g/mol. The summed E-state index contributed by atoms with van der Waals surface area (Å²) in [4.78, 5) is 12.1. The molecule has 1 saturated carbocycles. The van der Waals surface area contributed by atoms with Crippen molar-refractivity contribution in [2.45, 2.75) is 79.2 Å². The van der Waals surface area contributed by atoms with Gasteiger partial charge in [0.15, 0.2) is 0 Å². The Morgan fingerprint density at radius 1 is 1.05 bits per heavy atom. The van der Waals surface area contributed by atoms with Crippen molar-refractivity contribution in [2.24, 2.45) is 17.3 Å². The van der Waals surface area contributed by atoms with E-state index < -0.39 is 0 Å². The van der Waals surface area contributed by atoms with Gasteiger partial charge in [-0.15, -0.1) is 0 Å². The molecule has 0 aromatic carbocycles. The van der Waals surface area contributed by atoms with Crippen LogP contribution in [0.5, 0.6) is 0 Å². The molecule has 3 heteroatoms. The smallest absolute Gasteiger partial charge is 0.236 e. The van der Waals surface area contributed by atoms with Gasteiger partial charge in [0, 0.05) is 13.1 Å². The molecule has 1 fully saturated rings. The van der Waals surface area contributed by atoms with Gasteiger partial charge in [0.25, 0.3) is 0 Å². The summed E-state index contributed by atoms with van der Waals surface area (Å²) in [5, 5.41) is 6.54. The van der Waals surface area contributed by atoms with Crippen LogP contribution in [-0.2, 0) is 4.79 Å². The molecular weight excluding hydrogens is 260 g/mol. The van der Waals surface area contributed by atoms with Crippen molar-refractivity contribution >= 4 is 5.91 Å². The molecule has 0 saturated heterocycles. The lowest BCUT2D eigenvalue weighted by Crippen LogP contribution is -2.46. The van der Waals surface area contributed by atoms with Crippen molar-refractivity contribution in [3.05, 3.63) is 0 Å². The van der Waals surface area contributed by atoms with E-state index in [9.17, 15) is 4.79 Å². The normalized spacial score (nSPS) is 19.2. The fraction of sp³-hybridized carbons (Fsp3) is 0.944. The van der Waals surface area contributed by atoms with Crippen molar-refractivity contribution in [3.8, 4) is 0 Å². The molecule has 1 amide bonds. The first-order valence-electron chi connectivity index (χ1n) is 8.86. The summed E-state index contributed by atoms with van der Waals surface area (Å²) < 4.78 is 0. The second kappa shape index (κ2) is 8.77. The van der Waals surface area contributed by atoms with Crippen LogP contribution in [0.3, 0.4) is 0 Å². The lowest BCUT2D eigenvalue weighted by molar-refractivity contribution is -0.122. The summed E-state index contributed by atoms with van der Waals surface area (Å²) >= 11 is 0. The Morgan fingerprint density at radius 3 is 2.19 bits per heavy atom. The molecule has 1 aliphatic rings. The molecule has 0 heterocycles. The quantitative estimate of drug-likeness (QED) is 0.680. The van der Waals surface area contributed by atoms with E-state index in [2.05, 4.69) is 38.3 Å². The molecule has 1 aliphatic carbocycles. The molecule has 1 rings (SSSR count). The Balaban J connectivity index is 2.35. The third-order valence-corrected chi connectivity index (χ3v) is 4.70. The third kappa shape index (κ3) is 6.82. The molecule has 1 unspecified atom stereocenters. The summed E-state index contributed by atoms with van der Waals surface area (Å²) in [5.74, 6) is 1.52. The van der Waals surface area contributed by atoms with Crippen LogP contribution in [0.4, 0.5) is 0 Å². The van der Waals surface area contributed by atoms with Crippen molar-refractivity contribution in [1.29, 1.82) is 0 Å². The van der Waals surface area contributed by atoms with Crippen molar-refractivity contribution < 1.29 is 4.79 Å². The Labute approximate surface area is 131 Å². The van der Waals surface area contributed by atoms with E-state index in [4.69, 9.17) is 0 Å². The summed E-state index contributed by atoms with van der Waals surface area (Å²) in [6.45, 7) is 12.8. The zero-order valence-corrected chi connectivity index (χ0v) is 14.8. The summed E-state index contributed by atoms with van der Waals surface area (Å²) in [6.07, 6.45) is 7.67. The van der Waals surface area contributed by atoms with Gasteiger partial charge < -0.3 is 10.6 Å². The third-order valence-electron chi connectivity index (χ3n) is 4.70. The molecule has 0 aliphatic heterocycles. The molecule has 0 aromatic rings. The number of carbonyl (C=O) groups excluding carboxylic acids is 1. The fourth-order valence-electron chi connectivity index (χ4n) is 3.54. The maximum Gasteiger partial charge on any atom is 0.236 e. The zero-order chi connectivity index (χ0) is 15.9. The summed E-state index contributed by atoms with van der Waals surface area (Å²) in [5.41, 5.74) is 0.431. The average Bonchev–Trinajstić information content (AvgIpc) is 2.83. The molecule has 0 radical (unpaired) electrons. The minimum Gasteiger partial charge on any atom is -0.355 e. The SMILES string of the molecule is CC(C)CCNC(=O)C(C)NCC1(CC(C)C)CCCC1. The number of hydrogen-bond acceptors (Lipinski definition) is 2. The average molecular weight is 296 g/mol. The van der Waals surface area contributed by atoms with E-state index in [0.29, 0.717) is 11.3 Å².